The number of rotatable bonds is 6. The molecule has 5 nitrogen and oxygen atoms in total. The molecule has 104 valence electrons. The smallest absolute Gasteiger partial charge is 0.307 e. The van der Waals surface area contributed by atoms with E-state index >= 15 is 0 Å². The van der Waals surface area contributed by atoms with Crippen LogP contribution < -0.4 is 0 Å². The second-order valence-electron chi connectivity index (χ2n) is 5.04. The van der Waals surface area contributed by atoms with Crippen LogP contribution in [0.3, 0.4) is 0 Å². The van der Waals surface area contributed by atoms with E-state index in [-0.39, 0.29) is 11.8 Å². The summed E-state index contributed by atoms with van der Waals surface area (Å²) in [7, 11) is 1.59. The van der Waals surface area contributed by atoms with Crippen LogP contribution in [-0.2, 0) is 14.3 Å². The van der Waals surface area contributed by atoms with Crippen molar-refractivity contribution in [1.29, 1.82) is 0 Å². The zero-order valence-electron chi connectivity index (χ0n) is 11.4. The number of carboxylic acids is 1. The molecule has 1 N–H and O–H groups in total. The van der Waals surface area contributed by atoms with Crippen LogP contribution in [-0.4, -0.2) is 48.7 Å². The molecule has 1 aliphatic rings. The van der Waals surface area contributed by atoms with Gasteiger partial charge in [0.2, 0.25) is 5.91 Å². The van der Waals surface area contributed by atoms with Crippen LogP contribution in [0.1, 0.15) is 26.7 Å². The van der Waals surface area contributed by atoms with Gasteiger partial charge < -0.3 is 14.7 Å². The van der Waals surface area contributed by atoms with Gasteiger partial charge in [0.05, 0.1) is 18.4 Å². The Hall–Kier alpha value is -1.10. The lowest BCUT2D eigenvalue weighted by molar-refractivity contribution is -0.149. The Morgan fingerprint density at radius 1 is 1.33 bits per heavy atom. The lowest BCUT2D eigenvalue weighted by atomic mass is 9.94. The number of hydrogen-bond acceptors (Lipinski definition) is 3. The van der Waals surface area contributed by atoms with E-state index in [1.807, 2.05) is 13.8 Å². The molecule has 1 aliphatic carbocycles. The first-order valence-corrected chi connectivity index (χ1v) is 6.51. The minimum absolute atomic E-state index is 0.0358. The first-order chi connectivity index (χ1) is 8.51. The fourth-order valence-corrected chi connectivity index (χ4v) is 2.70. The molecule has 0 aliphatic heterocycles. The van der Waals surface area contributed by atoms with Crippen molar-refractivity contribution in [1.82, 2.24) is 4.90 Å². The van der Waals surface area contributed by atoms with Gasteiger partial charge in [-0.05, 0) is 25.7 Å². The highest BCUT2D eigenvalue weighted by Gasteiger charge is 2.42. The van der Waals surface area contributed by atoms with Gasteiger partial charge in [0.25, 0.3) is 0 Å². The summed E-state index contributed by atoms with van der Waals surface area (Å²) in [6.45, 7) is 5.53. The van der Waals surface area contributed by atoms with Gasteiger partial charge in [-0.25, -0.2) is 0 Å². The van der Waals surface area contributed by atoms with E-state index in [9.17, 15) is 14.7 Å². The van der Waals surface area contributed by atoms with E-state index in [1.165, 1.54) is 0 Å². The molecule has 3 atom stereocenters. The maximum atomic E-state index is 12.3. The summed E-state index contributed by atoms with van der Waals surface area (Å²) < 4.78 is 4.97. The fourth-order valence-electron chi connectivity index (χ4n) is 2.70. The minimum Gasteiger partial charge on any atom is -0.481 e. The molecular formula is C13H23NO4. The number of carboxylic acid groups (broad SMARTS) is 1. The van der Waals surface area contributed by atoms with E-state index in [2.05, 4.69) is 0 Å². The van der Waals surface area contributed by atoms with Crippen molar-refractivity contribution in [3.05, 3.63) is 0 Å². The summed E-state index contributed by atoms with van der Waals surface area (Å²) in [5.74, 6) is -1.47. The molecule has 18 heavy (non-hydrogen) atoms. The Morgan fingerprint density at radius 3 is 2.44 bits per heavy atom. The van der Waals surface area contributed by atoms with E-state index in [1.54, 1.807) is 12.0 Å². The number of amides is 1. The fraction of sp³-hybridized carbons (Fsp3) is 0.846. The number of nitrogens with zero attached hydrogens (tertiary/aromatic N) is 1. The standard InChI is InChI=1S/C13H23NO4/c1-4-14(5-6-18-3)12(15)10-7-9(2)8-11(10)13(16)17/h9-11H,4-8H2,1-3H3,(H,16,17)/t9?,10-,11+/m0/s1. The van der Waals surface area contributed by atoms with Gasteiger partial charge in [-0.1, -0.05) is 6.92 Å². The number of hydrogen-bond donors (Lipinski definition) is 1. The van der Waals surface area contributed by atoms with Crippen molar-refractivity contribution in [2.45, 2.75) is 26.7 Å². The summed E-state index contributed by atoms with van der Waals surface area (Å²) in [6.07, 6.45) is 1.28. The van der Waals surface area contributed by atoms with Crippen LogP contribution in [0, 0.1) is 17.8 Å². The Morgan fingerprint density at radius 2 is 1.94 bits per heavy atom. The van der Waals surface area contributed by atoms with Gasteiger partial charge >= 0.3 is 5.97 Å². The highest BCUT2D eigenvalue weighted by molar-refractivity contribution is 5.85. The zero-order valence-corrected chi connectivity index (χ0v) is 11.4. The maximum Gasteiger partial charge on any atom is 0.307 e. The average Bonchev–Trinajstić information content (AvgIpc) is 2.72. The van der Waals surface area contributed by atoms with Crippen molar-refractivity contribution in [3.63, 3.8) is 0 Å². The number of ether oxygens (including phenoxy) is 1. The van der Waals surface area contributed by atoms with E-state index < -0.39 is 11.9 Å². The van der Waals surface area contributed by atoms with Crippen molar-refractivity contribution in [3.8, 4) is 0 Å². The molecule has 1 unspecified atom stereocenters. The Labute approximate surface area is 108 Å². The third-order valence-corrected chi connectivity index (χ3v) is 3.69. The zero-order chi connectivity index (χ0) is 13.7. The summed E-state index contributed by atoms with van der Waals surface area (Å²) in [4.78, 5) is 25.2. The highest BCUT2D eigenvalue weighted by atomic mass is 16.5. The highest BCUT2D eigenvalue weighted by Crippen LogP contribution is 2.37. The molecule has 1 rings (SSSR count). The third-order valence-electron chi connectivity index (χ3n) is 3.69. The molecule has 0 spiro atoms. The molecule has 0 saturated heterocycles. The number of carbonyl (C=O) groups excluding carboxylic acids is 1. The lowest BCUT2D eigenvalue weighted by Gasteiger charge is -2.25. The van der Waals surface area contributed by atoms with Crippen molar-refractivity contribution >= 4 is 11.9 Å². The van der Waals surface area contributed by atoms with Crippen molar-refractivity contribution < 1.29 is 19.4 Å². The number of carbonyl (C=O) groups is 2. The number of methoxy groups -OCH3 is 1. The van der Waals surface area contributed by atoms with Gasteiger partial charge in [-0.15, -0.1) is 0 Å². The van der Waals surface area contributed by atoms with Crippen LogP contribution in [0.5, 0.6) is 0 Å². The van der Waals surface area contributed by atoms with Gasteiger partial charge in [0, 0.05) is 20.2 Å². The molecule has 1 fully saturated rings. The summed E-state index contributed by atoms with van der Waals surface area (Å²) >= 11 is 0. The van der Waals surface area contributed by atoms with Crippen LogP contribution in [0.25, 0.3) is 0 Å². The average molecular weight is 257 g/mol. The van der Waals surface area contributed by atoms with E-state index in [0.29, 0.717) is 38.5 Å². The topological polar surface area (TPSA) is 66.8 Å². The lowest BCUT2D eigenvalue weighted by Crippen LogP contribution is -2.40. The normalized spacial score (nSPS) is 27.2. The van der Waals surface area contributed by atoms with Crippen LogP contribution >= 0.6 is 0 Å². The SMILES string of the molecule is CCN(CCOC)C(=O)[C@H]1CC(C)C[C@H]1C(=O)O. The van der Waals surface area contributed by atoms with Gasteiger partial charge in [-0.3, -0.25) is 9.59 Å². The monoisotopic (exact) mass is 257 g/mol. The maximum absolute atomic E-state index is 12.3. The summed E-state index contributed by atoms with van der Waals surface area (Å²) in [5, 5.41) is 9.19. The first-order valence-electron chi connectivity index (χ1n) is 6.51. The quantitative estimate of drug-likeness (QED) is 0.777. The van der Waals surface area contributed by atoms with Gasteiger partial charge in [0.15, 0.2) is 0 Å². The molecule has 1 saturated carbocycles. The molecule has 0 aromatic rings. The van der Waals surface area contributed by atoms with Gasteiger partial charge in [0.1, 0.15) is 0 Å². The third kappa shape index (κ3) is 3.45. The molecule has 5 heteroatoms. The largest absolute Gasteiger partial charge is 0.481 e. The van der Waals surface area contributed by atoms with E-state index in [0.717, 1.165) is 0 Å². The Kier molecular flexibility index (Phi) is 5.59. The molecule has 0 aromatic heterocycles. The van der Waals surface area contributed by atoms with Crippen LogP contribution in [0.4, 0.5) is 0 Å². The molecular weight excluding hydrogens is 234 g/mol. The van der Waals surface area contributed by atoms with Gasteiger partial charge in [-0.2, -0.15) is 0 Å². The summed E-state index contributed by atoms with van der Waals surface area (Å²) in [6, 6.07) is 0. The van der Waals surface area contributed by atoms with Crippen LogP contribution in [0.2, 0.25) is 0 Å². The molecule has 0 aromatic carbocycles. The first kappa shape index (κ1) is 15.0. The molecule has 0 heterocycles. The second kappa shape index (κ2) is 6.73. The van der Waals surface area contributed by atoms with Crippen LogP contribution in [0.15, 0.2) is 0 Å². The number of aliphatic carboxylic acids is 1. The minimum atomic E-state index is -0.847. The summed E-state index contributed by atoms with van der Waals surface area (Å²) in [5.41, 5.74) is 0. The Bertz CT molecular complexity index is 305. The number of likely N-dealkylation sites (N-methyl/N-ethyl adjacent to an activating group) is 1. The van der Waals surface area contributed by atoms with Crippen molar-refractivity contribution in [2.24, 2.45) is 17.8 Å². The molecule has 0 radical (unpaired) electrons. The molecule has 0 bridgehead atoms. The Balaban J connectivity index is 2.70. The predicted octanol–water partition coefficient (Wildman–Crippen LogP) is 1.23. The predicted molar refractivity (Wildman–Crippen MR) is 67.1 cm³/mol. The molecule has 1 amide bonds. The van der Waals surface area contributed by atoms with E-state index in [4.69, 9.17) is 4.74 Å². The van der Waals surface area contributed by atoms with Crippen molar-refractivity contribution in [2.75, 3.05) is 26.8 Å². The second-order valence-corrected chi connectivity index (χ2v) is 5.04.